The van der Waals surface area contributed by atoms with E-state index in [1.807, 2.05) is 0 Å². The Morgan fingerprint density at radius 1 is 0.864 bits per heavy atom. The predicted molar refractivity (Wildman–Crippen MR) is 92.6 cm³/mol. The van der Waals surface area contributed by atoms with Crippen LogP contribution in [-0.2, 0) is 13.1 Å². The number of nitrogens with zero attached hydrogens (tertiary/aromatic N) is 1. The first kappa shape index (κ1) is 15.3. The van der Waals surface area contributed by atoms with Crippen molar-refractivity contribution in [2.24, 2.45) is 5.92 Å². The molecule has 22 heavy (non-hydrogen) atoms. The van der Waals surface area contributed by atoms with Crippen molar-refractivity contribution in [3.05, 3.63) is 71.8 Å². The average Bonchev–Trinajstić information content (AvgIpc) is 3.05. The van der Waals surface area contributed by atoms with Gasteiger partial charge in [-0.25, -0.2) is 0 Å². The normalized spacial score (nSPS) is 21.4. The van der Waals surface area contributed by atoms with Gasteiger partial charge < -0.3 is 5.32 Å². The van der Waals surface area contributed by atoms with Gasteiger partial charge in [0, 0.05) is 25.7 Å². The van der Waals surface area contributed by atoms with Gasteiger partial charge >= 0.3 is 0 Å². The first-order chi connectivity index (χ1) is 10.9. The topological polar surface area (TPSA) is 15.3 Å². The molecule has 1 heterocycles. The number of hydrogen-bond donors (Lipinski definition) is 1. The van der Waals surface area contributed by atoms with Crippen molar-refractivity contribution < 1.29 is 0 Å². The van der Waals surface area contributed by atoms with Gasteiger partial charge in [-0.2, -0.15) is 0 Å². The Morgan fingerprint density at radius 3 is 1.91 bits per heavy atom. The second-order valence-electron chi connectivity index (χ2n) is 6.27. The summed E-state index contributed by atoms with van der Waals surface area (Å²) < 4.78 is 0. The van der Waals surface area contributed by atoms with Crippen molar-refractivity contribution in [1.82, 2.24) is 10.2 Å². The van der Waals surface area contributed by atoms with E-state index >= 15 is 0 Å². The second kappa shape index (κ2) is 7.57. The minimum absolute atomic E-state index is 0.630. The van der Waals surface area contributed by atoms with Gasteiger partial charge in [0.05, 0.1) is 0 Å². The van der Waals surface area contributed by atoms with E-state index in [0.29, 0.717) is 6.04 Å². The number of benzene rings is 2. The fourth-order valence-electron chi connectivity index (χ4n) is 3.49. The molecule has 0 bridgehead atoms. The standard InChI is InChI=1S/C20H26N2/c1-2-19-13-21-14-20(19)22(15-17-9-5-3-6-10-17)16-18-11-7-4-8-12-18/h3-12,19-21H,2,13-16H2,1H3. The molecule has 2 aromatic carbocycles. The summed E-state index contributed by atoms with van der Waals surface area (Å²) >= 11 is 0. The summed E-state index contributed by atoms with van der Waals surface area (Å²) in [5.74, 6) is 0.757. The van der Waals surface area contributed by atoms with Crippen LogP contribution in [-0.4, -0.2) is 24.0 Å². The highest BCUT2D eigenvalue weighted by Crippen LogP contribution is 2.23. The first-order valence-corrected chi connectivity index (χ1v) is 8.39. The summed E-state index contributed by atoms with van der Waals surface area (Å²) in [6.45, 7) is 6.63. The summed E-state index contributed by atoms with van der Waals surface area (Å²) in [5, 5.41) is 3.58. The van der Waals surface area contributed by atoms with Crippen molar-refractivity contribution in [3.63, 3.8) is 0 Å². The third kappa shape index (κ3) is 3.76. The van der Waals surface area contributed by atoms with Crippen LogP contribution in [0.25, 0.3) is 0 Å². The maximum atomic E-state index is 3.58. The van der Waals surface area contributed by atoms with Crippen molar-refractivity contribution in [1.29, 1.82) is 0 Å². The number of nitrogens with one attached hydrogen (secondary N) is 1. The minimum atomic E-state index is 0.630. The summed E-state index contributed by atoms with van der Waals surface area (Å²) in [6.07, 6.45) is 1.25. The minimum Gasteiger partial charge on any atom is -0.315 e. The molecule has 2 unspecified atom stereocenters. The van der Waals surface area contributed by atoms with Crippen LogP contribution >= 0.6 is 0 Å². The molecule has 1 aliphatic heterocycles. The Hall–Kier alpha value is -1.64. The van der Waals surface area contributed by atoms with Gasteiger partial charge in [0.1, 0.15) is 0 Å². The zero-order valence-corrected chi connectivity index (χ0v) is 13.4. The quantitative estimate of drug-likeness (QED) is 0.874. The number of hydrogen-bond acceptors (Lipinski definition) is 2. The molecule has 2 nitrogen and oxygen atoms in total. The molecule has 0 aromatic heterocycles. The van der Waals surface area contributed by atoms with Gasteiger partial charge in [-0.05, 0) is 23.6 Å². The predicted octanol–water partition coefficient (Wildman–Crippen LogP) is 3.69. The van der Waals surface area contributed by atoms with Gasteiger partial charge in [-0.1, -0.05) is 74.0 Å². The highest BCUT2D eigenvalue weighted by atomic mass is 15.2. The zero-order valence-electron chi connectivity index (χ0n) is 13.4. The van der Waals surface area contributed by atoms with Gasteiger partial charge in [-0.3, -0.25) is 4.90 Å². The SMILES string of the molecule is CCC1CNCC1N(Cc1ccccc1)Cc1ccccc1. The molecule has 2 heteroatoms. The van der Waals surface area contributed by atoms with Crippen molar-refractivity contribution in [3.8, 4) is 0 Å². The summed E-state index contributed by atoms with van der Waals surface area (Å²) in [5.41, 5.74) is 2.81. The Morgan fingerprint density at radius 2 is 1.41 bits per heavy atom. The maximum absolute atomic E-state index is 3.58. The van der Waals surface area contributed by atoms with E-state index in [4.69, 9.17) is 0 Å². The highest BCUT2D eigenvalue weighted by molar-refractivity contribution is 5.17. The lowest BCUT2D eigenvalue weighted by molar-refractivity contribution is 0.152. The largest absolute Gasteiger partial charge is 0.315 e. The van der Waals surface area contributed by atoms with E-state index in [1.165, 1.54) is 17.5 Å². The Labute approximate surface area is 134 Å². The molecule has 0 radical (unpaired) electrons. The molecule has 2 aromatic rings. The van der Waals surface area contributed by atoms with Gasteiger partial charge in [0.2, 0.25) is 0 Å². The van der Waals surface area contributed by atoms with Crippen molar-refractivity contribution in [2.75, 3.05) is 13.1 Å². The molecular formula is C20H26N2. The molecule has 0 amide bonds. The molecule has 1 saturated heterocycles. The lowest BCUT2D eigenvalue weighted by atomic mass is 9.98. The molecule has 116 valence electrons. The van der Waals surface area contributed by atoms with E-state index in [2.05, 4.69) is 77.8 Å². The molecule has 2 atom stereocenters. The lowest BCUT2D eigenvalue weighted by Crippen LogP contribution is -2.39. The average molecular weight is 294 g/mol. The Balaban J connectivity index is 1.78. The van der Waals surface area contributed by atoms with Gasteiger partial charge in [-0.15, -0.1) is 0 Å². The summed E-state index contributed by atoms with van der Waals surface area (Å²) in [4.78, 5) is 2.65. The smallest absolute Gasteiger partial charge is 0.0267 e. The van der Waals surface area contributed by atoms with Gasteiger partial charge in [0.15, 0.2) is 0 Å². The fraction of sp³-hybridized carbons (Fsp3) is 0.400. The fourth-order valence-corrected chi connectivity index (χ4v) is 3.49. The zero-order chi connectivity index (χ0) is 15.2. The van der Waals surface area contributed by atoms with E-state index in [0.717, 1.165) is 32.1 Å². The van der Waals surface area contributed by atoms with Crippen LogP contribution in [0, 0.1) is 5.92 Å². The molecule has 0 saturated carbocycles. The van der Waals surface area contributed by atoms with Gasteiger partial charge in [0.25, 0.3) is 0 Å². The van der Waals surface area contributed by atoms with Crippen molar-refractivity contribution in [2.45, 2.75) is 32.5 Å². The van der Waals surface area contributed by atoms with Crippen molar-refractivity contribution >= 4 is 0 Å². The Kier molecular flexibility index (Phi) is 5.25. The van der Waals surface area contributed by atoms with Crippen LogP contribution < -0.4 is 5.32 Å². The van der Waals surface area contributed by atoms with E-state index in [9.17, 15) is 0 Å². The van der Waals surface area contributed by atoms with Crippen LogP contribution in [0.2, 0.25) is 0 Å². The van der Waals surface area contributed by atoms with E-state index in [-0.39, 0.29) is 0 Å². The van der Waals surface area contributed by atoms with Crippen LogP contribution in [0.4, 0.5) is 0 Å². The van der Waals surface area contributed by atoms with Crippen LogP contribution in [0.15, 0.2) is 60.7 Å². The van der Waals surface area contributed by atoms with E-state index < -0.39 is 0 Å². The second-order valence-corrected chi connectivity index (χ2v) is 6.27. The molecular weight excluding hydrogens is 268 g/mol. The summed E-state index contributed by atoms with van der Waals surface area (Å²) in [7, 11) is 0. The highest BCUT2D eigenvalue weighted by Gasteiger charge is 2.30. The molecule has 1 fully saturated rings. The van der Waals surface area contributed by atoms with Crippen LogP contribution in [0.3, 0.4) is 0 Å². The summed E-state index contributed by atoms with van der Waals surface area (Å²) in [6, 6.07) is 22.3. The Bertz CT molecular complexity index is 511. The lowest BCUT2D eigenvalue weighted by Gasteiger charge is -2.32. The molecule has 0 aliphatic carbocycles. The third-order valence-electron chi connectivity index (χ3n) is 4.75. The van der Waals surface area contributed by atoms with E-state index in [1.54, 1.807) is 0 Å². The molecule has 3 rings (SSSR count). The molecule has 0 spiro atoms. The maximum Gasteiger partial charge on any atom is 0.0267 e. The molecule has 1 aliphatic rings. The van der Waals surface area contributed by atoms with Crippen LogP contribution in [0.1, 0.15) is 24.5 Å². The van der Waals surface area contributed by atoms with Crippen LogP contribution in [0.5, 0.6) is 0 Å². The first-order valence-electron chi connectivity index (χ1n) is 8.39. The molecule has 1 N–H and O–H groups in total. The monoisotopic (exact) mass is 294 g/mol. The number of rotatable bonds is 6. The third-order valence-corrected chi connectivity index (χ3v) is 4.75.